The van der Waals surface area contributed by atoms with Crippen molar-refractivity contribution >= 4 is 35.0 Å². The molecule has 4 amide bonds. The van der Waals surface area contributed by atoms with Gasteiger partial charge in [-0.05, 0) is 50.1 Å². The Kier molecular flexibility index (Phi) is 5.39. The van der Waals surface area contributed by atoms with Gasteiger partial charge in [0.05, 0.1) is 18.1 Å². The summed E-state index contributed by atoms with van der Waals surface area (Å²) < 4.78 is 5.06. The molecular formula is C22H23N3O5. The van der Waals surface area contributed by atoms with Crippen molar-refractivity contribution in [1.82, 2.24) is 4.90 Å². The fraction of sp³-hybridized carbons (Fsp3) is 0.364. The summed E-state index contributed by atoms with van der Waals surface area (Å²) >= 11 is 0. The van der Waals surface area contributed by atoms with E-state index in [1.165, 1.54) is 6.26 Å². The SMILES string of the molecule is CC(C(=O)Nc1cccc(NC(=O)c2ccco2)c1)N1C(=O)C2CCCCC2C1=O. The molecule has 30 heavy (non-hydrogen) atoms. The molecule has 1 aliphatic carbocycles. The Bertz CT molecular complexity index is 960. The van der Waals surface area contributed by atoms with Crippen LogP contribution in [0.1, 0.15) is 43.2 Å². The largest absolute Gasteiger partial charge is 0.459 e. The lowest BCUT2D eigenvalue weighted by Crippen LogP contribution is -2.46. The minimum atomic E-state index is -0.906. The van der Waals surface area contributed by atoms with Gasteiger partial charge in [-0.3, -0.25) is 24.1 Å². The predicted molar refractivity (Wildman–Crippen MR) is 108 cm³/mol. The van der Waals surface area contributed by atoms with E-state index in [1.54, 1.807) is 43.3 Å². The van der Waals surface area contributed by atoms with Gasteiger partial charge in [0, 0.05) is 11.4 Å². The second kappa shape index (κ2) is 8.14. The molecule has 0 bridgehead atoms. The number of hydrogen-bond acceptors (Lipinski definition) is 5. The molecular weight excluding hydrogens is 386 g/mol. The number of nitrogens with zero attached hydrogens (tertiary/aromatic N) is 1. The van der Waals surface area contributed by atoms with Crippen molar-refractivity contribution in [1.29, 1.82) is 0 Å². The van der Waals surface area contributed by atoms with E-state index in [0.29, 0.717) is 24.2 Å². The van der Waals surface area contributed by atoms with E-state index in [9.17, 15) is 19.2 Å². The Morgan fingerprint density at radius 1 is 1.00 bits per heavy atom. The fourth-order valence-electron chi connectivity index (χ4n) is 4.21. The molecule has 2 aliphatic rings. The van der Waals surface area contributed by atoms with Crippen LogP contribution in [0.2, 0.25) is 0 Å². The fourth-order valence-corrected chi connectivity index (χ4v) is 4.21. The maximum atomic E-state index is 12.8. The van der Waals surface area contributed by atoms with Gasteiger partial charge in [-0.1, -0.05) is 18.9 Å². The van der Waals surface area contributed by atoms with E-state index >= 15 is 0 Å². The number of rotatable bonds is 5. The zero-order chi connectivity index (χ0) is 21.3. The number of hydrogen-bond donors (Lipinski definition) is 2. The van der Waals surface area contributed by atoms with Crippen LogP contribution in [0.3, 0.4) is 0 Å². The molecule has 8 heteroatoms. The number of nitrogens with one attached hydrogen (secondary N) is 2. The zero-order valence-electron chi connectivity index (χ0n) is 16.6. The summed E-state index contributed by atoms with van der Waals surface area (Å²) in [6.07, 6.45) is 4.69. The van der Waals surface area contributed by atoms with Crippen molar-refractivity contribution in [3.63, 3.8) is 0 Å². The van der Waals surface area contributed by atoms with Crippen LogP contribution in [0.25, 0.3) is 0 Å². The number of furan rings is 1. The molecule has 2 fully saturated rings. The number of carbonyl (C=O) groups is 4. The van der Waals surface area contributed by atoms with Gasteiger partial charge in [-0.25, -0.2) is 0 Å². The molecule has 8 nitrogen and oxygen atoms in total. The molecule has 2 aromatic rings. The van der Waals surface area contributed by atoms with Crippen molar-refractivity contribution in [2.75, 3.05) is 10.6 Å². The minimum Gasteiger partial charge on any atom is -0.459 e. The normalized spacial score (nSPS) is 21.8. The van der Waals surface area contributed by atoms with E-state index in [0.717, 1.165) is 17.7 Å². The second-order valence-electron chi connectivity index (χ2n) is 7.72. The van der Waals surface area contributed by atoms with Gasteiger partial charge in [0.15, 0.2) is 5.76 Å². The van der Waals surface area contributed by atoms with Crippen LogP contribution in [0.15, 0.2) is 47.1 Å². The highest BCUT2D eigenvalue weighted by atomic mass is 16.3. The molecule has 3 unspecified atom stereocenters. The lowest BCUT2D eigenvalue weighted by Gasteiger charge is -2.22. The van der Waals surface area contributed by atoms with E-state index in [-0.39, 0.29) is 29.4 Å². The topological polar surface area (TPSA) is 109 Å². The Balaban J connectivity index is 1.43. The first-order valence-corrected chi connectivity index (χ1v) is 10.1. The lowest BCUT2D eigenvalue weighted by atomic mass is 9.81. The number of carbonyl (C=O) groups excluding carboxylic acids is 4. The number of likely N-dealkylation sites (tertiary alicyclic amines) is 1. The standard InChI is InChI=1S/C22H23N3O5/c1-13(25-21(28)16-8-2-3-9-17(16)22(25)29)19(26)23-14-6-4-7-15(12-14)24-20(27)18-10-5-11-30-18/h4-7,10-13,16-17H,2-3,8-9H2,1H3,(H,23,26)(H,24,27). The van der Waals surface area contributed by atoms with E-state index in [4.69, 9.17) is 4.42 Å². The van der Waals surface area contributed by atoms with Crippen LogP contribution in [0, 0.1) is 11.8 Å². The van der Waals surface area contributed by atoms with Gasteiger partial charge in [-0.2, -0.15) is 0 Å². The maximum Gasteiger partial charge on any atom is 0.291 e. The highest BCUT2D eigenvalue weighted by molar-refractivity contribution is 6.10. The molecule has 1 aliphatic heterocycles. The summed E-state index contributed by atoms with van der Waals surface area (Å²) in [6, 6.07) is 8.88. The van der Waals surface area contributed by atoms with Crippen molar-refractivity contribution in [2.45, 2.75) is 38.6 Å². The summed E-state index contributed by atoms with van der Waals surface area (Å²) in [4.78, 5) is 51.4. The van der Waals surface area contributed by atoms with Crippen molar-refractivity contribution in [3.05, 3.63) is 48.4 Å². The first-order valence-electron chi connectivity index (χ1n) is 10.1. The first kappa shape index (κ1) is 19.9. The molecule has 1 aromatic heterocycles. The van der Waals surface area contributed by atoms with Gasteiger partial charge < -0.3 is 15.1 Å². The number of benzene rings is 1. The van der Waals surface area contributed by atoms with E-state index < -0.39 is 17.9 Å². The molecule has 0 spiro atoms. The van der Waals surface area contributed by atoms with Gasteiger partial charge in [-0.15, -0.1) is 0 Å². The minimum absolute atomic E-state index is 0.172. The van der Waals surface area contributed by atoms with Crippen molar-refractivity contribution < 1.29 is 23.6 Å². The monoisotopic (exact) mass is 409 g/mol. The molecule has 156 valence electrons. The van der Waals surface area contributed by atoms with Crippen LogP contribution in [0.4, 0.5) is 11.4 Å². The molecule has 2 heterocycles. The third-order valence-electron chi connectivity index (χ3n) is 5.77. The Morgan fingerprint density at radius 3 is 2.23 bits per heavy atom. The summed E-state index contributed by atoms with van der Waals surface area (Å²) in [6.45, 7) is 1.56. The number of amides is 4. The quantitative estimate of drug-likeness (QED) is 0.738. The summed E-state index contributed by atoms with van der Waals surface area (Å²) in [5.41, 5.74) is 0.918. The second-order valence-corrected chi connectivity index (χ2v) is 7.72. The Morgan fingerprint density at radius 2 is 1.63 bits per heavy atom. The van der Waals surface area contributed by atoms with Crippen LogP contribution in [0.5, 0.6) is 0 Å². The van der Waals surface area contributed by atoms with Crippen LogP contribution in [-0.2, 0) is 14.4 Å². The van der Waals surface area contributed by atoms with Crippen molar-refractivity contribution in [3.8, 4) is 0 Å². The Hall–Kier alpha value is -3.42. The average Bonchev–Trinajstić information content (AvgIpc) is 3.36. The molecule has 1 saturated carbocycles. The van der Waals surface area contributed by atoms with Gasteiger partial charge in [0.25, 0.3) is 5.91 Å². The molecule has 1 saturated heterocycles. The van der Waals surface area contributed by atoms with Crippen molar-refractivity contribution in [2.24, 2.45) is 11.8 Å². The van der Waals surface area contributed by atoms with Gasteiger partial charge >= 0.3 is 0 Å². The molecule has 3 atom stereocenters. The van der Waals surface area contributed by atoms with E-state index in [1.807, 2.05) is 0 Å². The number of anilines is 2. The highest BCUT2D eigenvalue weighted by Gasteiger charge is 2.50. The highest BCUT2D eigenvalue weighted by Crippen LogP contribution is 2.38. The maximum absolute atomic E-state index is 12.8. The third-order valence-corrected chi connectivity index (χ3v) is 5.77. The average molecular weight is 409 g/mol. The first-order chi connectivity index (χ1) is 14.5. The van der Waals surface area contributed by atoms with Crippen LogP contribution < -0.4 is 10.6 Å². The lowest BCUT2D eigenvalue weighted by molar-refractivity contribution is -0.146. The van der Waals surface area contributed by atoms with E-state index in [2.05, 4.69) is 10.6 Å². The molecule has 0 radical (unpaired) electrons. The number of imide groups is 1. The summed E-state index contributed by atoms with van der Waals surface area (Å²) in [7, 11) is 0. The molecule has 1 aromatic carbocycles. The summed E-state index contributed by atoms with van der Waals surface area (Å²) in [5, 5.41) is 5.42. The molecule has 2 N–H and O–H groups in total. The Labute approximate surface area is 173 Å². The number of fused-ring (bicyclic) bond motifs is 1. The third kappa shape index (κ3) is 3.72. The summed E-state index contributed by atoms with van der Waals surface area (Å²) in [5.74, 6) is -1.76. The van der Waals surface area contributed by atoms with Gasteiger partial charge in [0.1, 0.15) is 6.04 Å². The smallest absolute Gasteiger partial charge is 0.291 e. The zero-order valence-corrected chi connectivity index (χ0v) is 16.6. The predicted octanol–water partition coefficient (Wildman–Crippen LogP) is 3.03. The van der Waals surface area contributed by atoms with Crippen LogP contribution in [-0.4, -0.2) is 34.6 Å². The molecule has 4 rings (SSSR count). The van der Waals surface area contributed by atoms with Crippen LogP contribution >= 0.6 is 0 Å². The van der Waals surface area contributed by atoms with Gasteiger partial charge in [0.2, 0.25) is 17.7 Å².